The molecule has 0 spiro atoms. The number of carbonyl (C=O) groups excluding carboxylic acids is 1. The standard InChI is InChI=1S/C8H11As2NO8/c1-4(12)11-8-6(13)3-2-5(9(14,15)16)7(8)10(17,18)19/h2-3,13H,1H3,(H,11,12)(H2,14,15,16)(H2,17,18,19). The molecule has 0 aliphatic carbocycles. The van der Waals surface area contributed by atoms with E-state index in [1.165, 1.54) is 0 Å². The number of rotatable bonds is 3. The maximum atomic E-state index is 11.4. The molecule has 0 unspecified atom stereocenters. The van der Waals surface area contributed by atoms with Gasteiger partial charge in [-0.15, -0.1) is 0 Å². The Morgan fingerprint density at radius 3 is 2.00 bits per heavy atom. The Morgan fingerprint density at radius 1 is 1.11 bits per heavy atom. The van der Waals surface area contributed by atoms with E-state index in [9.17, 15) is 25.6 Å². The van der Waals surface area contributed by atoms with Crippen molar-refractivity contribution in [2.24, 2.45) is 0 Å². The molecule has 19 heavy (non-hydrogen) atoms. The first-order valence-corrected chi connectivity index (χ1v) is 11.5. The number of hydrogen-bond acceptors (Lipinski definition) is 4. The number of carbonyl (C=O) groups is 1. The van der Waals surface area contributed by atoms with Gasteiger partial charge in [-0.3, -0.25) is 0 Å². The van der Waals surface area contributed by atoms with Crippen molar-refractivity contribution in [1.29, 1.82) is 0 Å². The molecule has 6 N–H and O–H groups in total. The van der Waals surface area contributed by atoms with Crippen LogP contribution in [-0.4, -0.2) is 55.7 Å². The fraction of sp³-hybridized carbons (Fsp3) is 0.125. The normalized spacial score (nSPS) is 12.3. The van der Waals surface area contributed by atoms with Gasteiger partial charge >= 0.3 is 113 Å². The molecule has 0 bridgehead atoms. The third-order valence-electron chi connectivity index (χ3n) is 2.04. The third kappa shape index (κ3) is 3.76. The molecule has 1 amide bonds. The van der Waals surface area contributed by atoms with E-state index in [0.29, 0.717) is 0 Å². The van der Waals surface area contributed by atoms with Crippen molar-refractivity contribution >= 4 is 48.6 Å². The van der Waals surface area contributed by atoms with Crippen LogP contribution in [0.2, 0.25) is 0 Å². The second-order valence-electron chi connectivity index (χ2n) is 3.60. The van der Waals surface area contributed by atoms with Crippen molar-refractivity contribution in [3.8, 4) is 5.75 Å². The molecule has 0 saturated heterocycles. The van der Waals surface area contributed by atoms with Crippen LogP contribution in [0.1, 0.15) is 6.92 Å². The van der Waals surface area contributed by atoms with Crippen molar-refractivity contribution in [2.45, 2.75) is 6.92 Å². The Labute approximate surface area is 112 Å². The molecule has 0 atom stereocenters. The van der Waals surface area contributed by atoms with Gasteiger partial charge in [0.25, 0.3) is 0 Å². The third-order valence-corrected chi connectivity index (χ3v) is 7.17. The van der Waals surface area contributed by atoms with Crippen LogP contribution in [0.15, 0.2) is 12.1 Å². The van der Waals surface area contributed by atoms with E-state index in [0.717, 1.165) is 19.1 Å². The molecule has 9 nitrogen and oxygen atoms in total. The summed E-state index contributed by atoms with van der Waals surface area (Å²) in [7, 11) is 0. The average Bonchev–Trinajstić information content (AvgIpc) is 2.16. The molecule has 1 aromatic rings. The van der Waals surface area contributed by atoms with Gasteiger partial charge in [0.15, 0.2) is 0 Å². The molecule has 0 heterocycles. The molecule has 1 rings (SSSR count). The SMILES string of the molecule is CC(=O)Nc1c(O)ccc([As](=O)(O)O)c1[As](=O)(O)O. The number of phenols is 1. The van der Waals surface area contributed by atoms with Crippen LogP contribution in [-0.2, 0) is 12.3 Å². The summed E-state index contributed by atoms with van der Waals surface area (Å²) < 4.78 is 57.5. The molecule has 0 aliphatic heterocycles. The summed E-state index contributed by atoms with van der Waals surface area (Å²) in [6.45, 7) is 1.02. The van der Waals surface area contributed by atoms with Gasteiger partial charge in [-0.05, 0) is 0 Å². The van der Waals surface area contributed by atoms with Crippen LogP contribution in [0.3, 0.4) is 0 Å². The fourth-order valence-electron chi connectivity index (χ4n) is 1.40. The fourth-order valence-corrected chi connectivity index (χ4v) is 7.37. The summed E-state index contributed by atoms with van der Waals surface area (Å²) in [5, 5.41) is 11.5. The second kappa shape index (κ2) is 5.20. The number of aromatic hydroxyl groups is 1. The Bertz CT molecular complexity index is 615. The first kappa shape index (κ1) is 16.1. The summed E-state index contributed by atoms with van der Waals surface area (Å²) >= 11 is -11.4. The molecular weight excluding hydrogens is 388 g/mol. The summed E-state index contributed by atoms with van der Waals surface area (Å²) in [5.74, 6) is -1.45. The van der Waals surface area contributed by atoms with Crippen LogP contribution in [0.4, 0.5) is 5.69 Å². The Morgan fingerprint density at radius 2 is 1.63 bits per heavy atom. The predicted octanol–water partition coefficient (Wildman–Crippen LogP) is -3.53. The van der Waals surface area contributed by atoms with Gasteiger partial charge in [0.2, 0.25) is 0 Å². The van der Waals surface area contributed by atoms with Gasteiger partial charge in [-0.2, -0.15) is 0 Å². The molecule has 0 aliphatic rings. The number of nitrogens with one attached hydrogen (secondary N) is 1. The van der Waals surface area contributed by atoms with Crippen molar-refractivity contribution in [2.75, 3.05) is 5.32 Å². The summed E-state index contributed by atoms with van der Waals surface area (Å²) in [6.07, 6.45) is 0. The molecule has 11 heteroatoms. The minimum absolute atomic E-state index is 0.678. The van der Waals surface area contributed by atoms with Crippen molar-refractivity contribution in [3.05, 3.63) is 12.1 Å². The quantitative estimate of drug-likeness (QED) is 0.225. The Balaban J connectivity index is 3.76. The van der Waals surface area contributed by atoms with E-state index in [2.05, 4.69) is 0 Å². The molecule has 0 saturated carbocycles. The van der Waals surface area contributed by atoms with Crippen LogP contribution < -0.4 is 14.0 Å². The van der Waals surface area contributed by atoms with Crippen molar-refractivity contribution < 1.29 is 33.8 Å². The molecular formula is C8H11As2NO8. The first-order chi connectivity index (χ1) is 8.44. The van der Waals surface area contributed by atoms with E-state index in [4.69, 9.17) is 8.19 Å². The Hall–Kier alpha value is -0.953. The molecule has 0 aromatic heterocycles. The summed E-state index contributed by atoms with van der Waals surface area (Å²) in [4.78, 5) is 10.9. The number of hydrogen-bond donors (Lipinski definition) is 6. The van der Waals surface area contributed by atoms with Gasteiger partial charge in [0.05, 0.1) is 0 Å². The topological polar surface area (TPSA) is 164 Å². The number of anilines is 1. The van der Waals surface area contributed by atoms with Gasteiger partial charge < -0.3 is 0 Å². The Kier molecular flexibility index (Phi) is 4.41. The van der Waals surface area contributed by atoms with Gasteiger partial charge in [0, 0.05) is 0 Å². The zero-order valence-corrected chi connectivity index (χ0v) is 13.3. The molecule has 0 fully saturated rings. The monoisotopic (exact) mass is 399 g/mol. The zero-order chi connectivity index (χ0) is 15.0. The zero-order valence-electron chi connectivity index (χ0n) is 9.51. The molecule has 1 aromatic carbocycles. The van der Waals surface area contributed by atoms with E-state index < -0.39 is 54.4 Å². The van der Waals surface area contributed by atoms with E-state index in [1.54, 1.807) is 0 Å². The molecule has 0 radical (unpaired) electrons. The van der Waals surface area contributed by atoms with Crippen molar-refractivity contribution in [3.63, 3.8) is 0 Å². The first-order valence-electron chi connectivity index (χ1n) is 4.70. The van der Waals surface area contributed by atoms with Gasteiger partial charge in [-0.25, -0.2) is 0 Å². The van der Waals surface area contributed by atoms with Gasteiger partial charge in [-0.1, -0.05) is 0 Å². The average molecular weight is 399 g/mol. The predicted molar refractivity (Wildman–Crippen MR) is 63.4 cm³/mol. The van der Waals surface area contributed by atoms with E-state index in [-0.39, 0.29) is 0 Å². The molecule has 106 valence electrons. The minimum atomic E-state index is -5.80. The number of benzene rings is 1. The van der Waals surface area contributed by atoms with Gasteiger partial charge in [0.1, 0.15) is 0 Å². The number of amides is 1. The van der Waals surface area contributed by atoms with Crippen LogP contribution in [0.25, 0.3) is 0 Å². The van der Waals surface area contributed by atoms with Crippen LogP contribution in [0.5, 0.6) is 5.75 Å². The number of phenolic OH excluding ortho intramolecular Hbond substituents is 1. The van der Waals surface area contributed by atoms with E-state index in [1.807, 2.05) is 5.32 Å². The van der Waals surface area contributed by atoms with E-state index >= 15 is 0 Å². The summed E-state index contributed by atoms with van der Waals surface area (Å²) in [6, 6.07) is 1.58. The van der Waals surface area contributed by atoms with Crippen LogP contribution >= 0.6 is 0 Å². The van der Waals surface area contributed by atoms with Crippen LogP contribution in [0, 0.1) is 0 Å². The van der Waals surface area contributed by atoms with Crippen molar-refractivity contribution in [1.82, 2.24) is 0 Å². The maximum absolute atomic E-state index is 11.4. The second-order valence-corrected chi connectivity index (χ2v) is 10.1. The summed E-state index contributed by atoms with van der Waals surface area (Å²) in [5.41, 5.74) is -0.678.